The van der Waals surface area contributed by atoms with Crippen LogP contribution in [0.5, 0.6) is 0 Å². The fraction of sp³-hybridized carbons (Fsp3) is 0. The Kier molecular flexibility index (Phi) is 3.96. The summed E-state index contributed by atoms with van der Waals surface area (Å²) in [5, 5.41) is 2.75. The van der Waals surface area contributed by atoms with Crippen molar-refractivity contribution < 1.29 is 0 Å². The molecule has 0 aliphatic rings. The second-order valence-corrected chi connectivity index (χ2v) is 8.44. The quantitative estimate of drug-likeness (QED) is 0.285. The van der Waals surface area contributed by atoms with E-state index in [1.54, 1.807) is 4.40 Å². The van der Waals surface area contributed by atoms with E-state index in [-0.39, 0.29) is 5.56 Å². The van der Waals surface area contributed by atoms with Crippen LogP contribution < -0.4 is 5.56 Å². The molecule has 0 atom stereocenters. The SMILES string of the molecule is O=c1c2ccccc2nc2cc3c(c(-c4ccccc4)n12)c1ccccc1n3-c1ccccc1. The van der Waals surface area contributed by atoms with Gasteiger partial charge in [-0.2, -0.15) is 0 Å². The van der Waals surface area contributed by atoms with Crippen LogP contribution in [0, 0.1) is 0 Å². The summed E-state index contributed by atoms with van der Waals surface area (Å²) in [6.45, 7) is 0. The van der Waals surface area contributed by atoms with Crippen LogP contribution in [0.2, 0.25) is 0 Å². The molecule has 160 valence electrons. The summed E-state index contributed by atoms with van der Waals surface area (Å²) in [7, 11) is 0. The molecule has 0 saturated carbocycles. The van der Waals surface area contributed by atoms with Gasteiger partial charge in [-0.3, -0.25) is 9.20 Å². The van der Waals surface area contributed by atoms with E-state index >= 15 is 0 Å². The van der Waals surface area contributed by atoms with Crippen molar-refractivity contribution in [1.82, 2.24) is 14.0 Å². The topological polar surface area (TPSA) is 39.3 Å². The summed E-state index contributed by atoms with van der Waals surface area (Å²) in [6.07, 6.45) is 0. The number of benzene rings is 4. The van der Waals surface area contributed by atoms with E-state index in [2.05, 4.69) is 53.1 Å². The molecule has 3 heterocycles. The zero-order valence-corrected chi connectivity index (χ0v) is 18.2. The van der Waals surface area contributed by atoms with Crippen molar-refractivity contribution in [3.05, 3.63) is 126 Å². The summed E-state index contributed by atoms with van der Waals surface area (Å²) >= 11 is 0. The molecule has 0 radical (unpaired) electrons. The highest BCUT2D eigenvalue weighted by Gasteiger charge is 2.21. The summed E-state index contributed by atoms with van der Waals surface area (Å²) < 4.78 is 4.04. The van der Waals surface area contributed by atoms with Crippen LogP contribution in [-0.2, 0) is 0 Å². The molecule has 0 unspecified atom stereocenters. The first-order chi connectivity index (χ1) is 16.8. The largest absolute Gasteiger partial charge is 0.309 e. The van der Waals surface area contributed by atoms with E-state index in [1.165, 1.54) is 0 Å². The number of para-hydroxylation sites is 3. The molecular weight excluding hydrogens is 418 g/mol. The van der Waals surface area contributed by atoms with Crippen LogP contribution in [0.25, 0.3) is 55.3 Å². The molecule has 3 aromatic heterocycles. The lowest BCUT2D eigenvalue weighted by Crippen LogP contribution is -2.17. The molecule has 4 aromatic carbocycles. The lowest BCUT2D eigenvalue weighted by atomic mass is 10.0. The van der Waals surface area contributed by atoms with Gasteiger partial charge in [0.1, 0.15) is 5.65 Å². The summed E-state index contributed by atoms with van der Waals surface area (Å²) in [5.74, 6) is 0. The van der Waals surface area contributed by atoms with E-state index in [0.717, 1.165) is 38.8 Å². The molecule has 0 aliphatic carbocycles. The Morgan fingerprint density at radius 2 is 1.26 bits per heavy atom. The van der Waals surface area contributed by atoms with Crippen molar-refractivity contribution in [1.29, 1.82) is 0 Å². The fourth-order valence-electron chi connectivity index (χ4n) is 5.07. The summed E-state index contributed by atoms with van der Waals surface area (Å²) in [6, 6.07) is 38.4. The van der Waals surface area contributed by atoms with Gasteiger partial charge >= 0.3 is 0 Å². The highest BCUT2D eigenvalue weighted by molar-refractivity contribution is 6.16. The molecule has 4 nitrogen and oxygen atoms in total. The third-order valence-electron chi connectivity index (χ3n) is 6.50. The normalized spacial score (nSPS) is 11.6. The van der Waals surface area contributed by atoms with Crippen LogP contribution in [0.3, 0.4) is 0 Å². The summed E-state index contributed by atoms with van der Waals surface area (Å²) in [5.41, 5.74) is 6.30. The van der Waals surface area contributed by atoms with Gasteiger partial charge in [0.25, 0.3) is 5.56 Å². The monoisotopic (exact) mass is 437 g/mol. The average Bonchev–Trinajstić information content (AvgIpc) is 3.22. The molecule has 0 aliphatic heterocycles. The van der Waals surface area contributed by atoms with E-state index in [0.29, 0.717) is 16.6 Å². The average molecular weight is 438 g/mol. The molecule has 34 heavy (non-hydrogen) atoms. The third-order valence-corrected chi connectivity index (χ3v) is 6.50. The minimum absolute atomic E-state index is 0.0575. The first-order valence-corrected chi connectivity index (χ1v) is 11.3. The molecule has 0 spiro atoms. The van der Waals surface area contributed by atoms with Gasteiger partial charge in [0.05, 0.1) is 27.6 Å². The molecular formula is C30H19N3O. The van der Waals surface area contributed by atoms with Gasteiger partial charge in [0.15, 0.2) is 0 Å². The van der Waals surface area contributed by atoms with Crippen molar-refractivity contribution in [3.8, 4) is 16.9 Å². The minimum atomic E-state index is -0.0575. The Hall–Kier alpha value is -4.70. The van der Waals surface area contributed by atoms with Gasteiger partial charge in [-0.15, -0.1) is 0 Å². The number of fused-ring (bicyclic) bond motifs is 5. The maximum Gasteiger partial charge on any atom is 0.266 e. The molecule has 0 bridgehead atoms. The number of pyridine rings is 1. The van der Waals surface area contributed by atoms with Crippen molar-refractivity contribution in [3.63, 3.8) is 0 Å². The zero-order valence-electron chi connectivity index (χ0n) is 18.2. The van der Waals surface area contributed by atoms with Gasteiger partial charge < -0.3 is 4.57 Å². The predicted octanol–water partition coefficient (Wildman–Crippen LogP) is 6.61. The molecule has 7 aromatic rings. The number of hydrogen-bond acceptors (Lipinski definition) is 2. The molecule has 0 fully saturated rings. The van der Waals surface area contributed by atoms with E-state index in [4.69, 9.17) is 4.98 Å². The predicted molar refractivity (Wildman–Crippen MR) is 139 cm³/mol. The van der Waals surface area contributed by atoms with Crippen LogP contribution in [-0.4, -0.2) is 14.0 Å². The Morgan fingerprint density at radius 1 is 0.618 bits per heavy atom. The molecule has 0 N–H and O–H groups in total. The zero-order chi connectivity index (χ0) is 22.6. The van der Waals surface area contributed by atoms with Gasteiger partial charge in [0, 0.05) is 22.5 Å². The highest BCUT2D eigenvalue weighted by atomic mass is 16.1. The third kappa shape index (κ3) is 2.60. The first kappa shape index (κ1) is 18.8. The van der Waals surface area contributed by atoms with Crippen LogP contribution in [0.1, 0.15) is 0 Å². The molecule has 0 saturated heterocycles. The Morgan fingerprint density at radius 3 is 2.06 bits per heavy atom. The first-order valence-electron chi connectivity index (χ1n) is 11.3. The van der Waals surface area contributed by atoms with Gasteiger partial charge in [-0.05, 0) is 35.9 Å². The lowest BCUT2D eigenvalue weighted by Gasteiger charge is -2.14. The smallest absolute Gasteiger partial charge is 0.266 e. The highest BCUT2D eigenvalue weighted by Crippen LogP contribution is 2.38. The van der Waals surface area contributed by atoms with Crippen LogP contribution in [0.4, 0.5) is 0 Å². The van der Waals surface area contributed by atoms with E-state index in [9.17, 15) is 4.79 Å². The second-order valence-electron chi connectivity index (χ2n) is 8.44. The van der Waals surface area contributed by atoms with Crippen molar-refractivity contribution in [2.45, 2.75) is 0 Å². The number of rotatable bonds is 2. The number of aromatic nitrogens is 3. The maximum absolute atomic E-state index is 13.9. The van der Waals surface area contributed by atoms with Gasteiger partial charge in [0.2, 0.25) is 0 Å². The van der Waals surface area contributed by atoms with E-state index < -0.39 is 0 Å². The fourth-order valence-corrected chi connectivity index (χ4v) is 5.07. The van der Waals surface area contributed by atoms with Gasteiger partial charge in [-0.25, -0.2) is 4.98 Å². The standard InChI is InChI=1S/C30H19N3O/c34-30-22-15-7-9-17-24(22)31-27-19-26-28(29(33(27)30)20-11-3-1-4-12-20)23-16-8-10-18-25(23)32(26)21-13-5-2-6-14-21/h1-19H. The molecule has 0 amide bonds. The van der Waals surface area contributed by atoms with E-state index in [1.807, 2.05) is 66.7 Å². The summed E-state index contributed by atoms with van der Waals surface area (Å²) in [4.78, 5) is 18.8. The van der Waals surface area contributed by atoms with Crippen LogP contribution >= 0.6 is 0 Å². The number of nitrogens with zero attached hydrogens (tertiary/aromatic N) is 3. The Labute approximate surface area is 195 Å². The molecule has 4 heteroatoms. The van der Waals surface area contributed by atoms with Crippen molar-refractivity contribution in [2.24, 2.45) is 0 Å². The minimum Gasteiger partial charge on any atom is -0.309 e. The van der Waals surface area contributed by atoms with Crippen molar-refractivity contribution in [2.75, 3.05) is 0 Å². The van der Waals surface area contributed by atoms with Gasteiger partial charge in [-0.1, -0.05) is 78.9 Å². The Balaban J connectivity index is 1.81. The lowest BCUT2D eigenvalue weighted by molar-refractivity contribution is 1.09. The van der Waals surface area contributed by atoms with Crippen LogP contribution in [0.15, 0.2) is 120 Å². The number of hydrogen-bond donors (Lipinski definition) is 0. The maximum atomic E-state index is 13.9. The molecule has 7 rings (SSSR count). The Bertz CT molecular complexity index is 1920. The second kappa shape index (κ2) is 7.15. The van der Waals surface area contributed by atoms with Crippen molar-refractivity contribution >= 4 is 38.4 Å².